The number of benzene rings is 2. The van der Waals surface area contributed by atoms with Gasteiger partial charge in [-0.1, -0.05) is 45.0 Å². The molecule has 1 heterocycles. The van der Waals surface area contributed by atoms with Crippen molar-refractivity contribution in [2.45, 2.75) is 40.7 Å². The van der Waals surface area contributed by atoms with Gasteiger partial charge in [-0.3, -0.25) is 14.5 Å². The molecule has 28 heavy (non-hydrogen) atoms. The van der Waals surface area contributed by atoms with Crippen molar-refractivity contribution >= 4 is 17.4 Å². The van der Waals surface area contributed by atoms with Gasteiger partial charge >= 0.3 is 0 Å². The second-order valence-electron chi connectivity index (χ2n) is 8.30. The number of hydrogen-bond donors (Lipinski definition) is 2. The zero-order chi connectivity index (χ0) is 20.8. The molecule has 2 aromatic rings. The molecule has 1 aliphatic heterocycles. The zero-order valence-electron chi connectivity index (χ0n) is 16.8. The largest absolute Gasteiger partial charge is 0.508 e. The monoisotopic (exact) mass is 379 g/mol. The van der Waals surface area contributed by atoms with Crippen LogP contribution in [0.3, 0.4) is 0 Å². The van der Waals surface area contributed by atoms with E-state index in [0.717, 1.165) is 11.1 Å². The van der Waals surface area contributed by atoms with E-state index in [4.69, 9.17) is 0 Å². The van der Waals surface area contributed by atoms with Crippen molar-refractivity contribution in [2.75, 3.05) is 4.90 Å². The summed E-state index contributed by atoms with van der Waals surface area (Å²) >= 11 is 0. The Hall–Kier alpha value is -3.08. The quantitative estimate of drug-likeness (QED) is 0.822. The number of aliphatic hydroxyl groups excluding tert-OH is 1. The van der Waals surface area contributed by atoms with Crippen LogP contribution >= 0.6 is 0 Å². The summed E-state index contributed by atoms with van der Waals surface area (Å²) in [5.74, 6) is -1.31. The normalized spacial score (nSPS) is 17.4. The molecule has 0 bridgehead atoms. The maximum absolute atomic E-state index is 13.2. The van der Waals surface area contributed by atoms with Gasteiger partial charge in [0.25, 0.3) is 5.91 Å². The highest BCUT2D eigenvalue weighted by atomic mass is 16.3. The number of phenolic OH excluding ortho intramolecular Hbond substituents is 1. The third kappa shape index (κ3) is 3.28. The molecule has 1 unspecified atom stereocenters. The fourth-order valence-electron chi connectivity index (χ4n) is 3.44. The number of carbonyl (C=O) groups excluding carboxylic acids is 2. The van der Waals surface area contributed by atoms with Crippen LogP contribution in [0.2, 0.25) is 0 Å². The first kappa shape index (κ1) is 19.7. The van der Waals surface area contributed by atoms with Gasteiger partial charge in [-0.05, 0) is 48.7 Å². The number of aromatic hydroxyl groups is 1. The van der Waals surface area contributed by atoms with Gasteiger partial charge < -0.3 is 10.2 Å². The zero-order valence-corrected chi connectivity index (χ0v) is 16.8. The molecule has 5 heteroatoms. The smallest absolute Gasteiger partial charge is 0.294 e. The standard InChI is InChI=1S/C23H25NO4/c1-13-6-7-14(2)17(12-13)24-19(15-8-10-16(25)11-9-15)18(20(26)22(24)28)21(27)23(3,4)5/h6-12,19,25-26H,1-5H3. The Morgan fingerprint density at radius 1 is 1.00 bits per heavy atom. The molecule has 0 spiro atoms. The van der Waals surface area contributed by atoms with E-state index in [2.05, 4.69) is 0 Å². The minimum atomic E-state index is -0.767. The van der Waals surface area contributed by atoms with Crippen LogP contribution in [0.25, 0.3) is 0 Å². The Labute approximate surface area is 164 Å². The molecule has 0 aromatic heterocycles. The van der Waals surface area contributed by atoms with Crippen molar-refractivity contribution in [1.29, 1.82) is 0 Å². The van der Waals surface area contributed by atoms with E-state index in [1.54, 1.807) is 32.9 Å². The van der Waals surface area contributed by atoms with E-state index >= 15 is 0 Å². The lowest BCUT2D eigenvalue weighted by atomic mass is 9.82. The number of aryl methyl sites for hydroxylation is 2. The van der Waals surface area contributed by atoms with Gasteiger partial charge in [0, 0.05) is 11.1 Å². The fraction of sp³-hybridized carbons (Fsp3) is 0.304. The van der Waals surface area contributed by atoms with E-state index in [-0.39, 0.29) is 17.1 Å². The molecule has 0 saturated carbocycles. The van der Waals surface area contributed by atoms with E-state index in [1.165, 1.54) is 17.0 Å². The van der Waals surface area contributed by atoms with Crippen LogP contribution in [0.5, 0.6) is 5.75 Å². The fourth-order valence-corrected chi connectivity index (χ4v) is 3.44. The molecule has 5 nitrogen and oxygen atoms in total. The Bertz CT molecular complexity index is 981. The molecule has 2 aromatic carbocycles. The summed E-state index contributed by atoms with van der Waals surface area (Å²) in [5, 5.41) is 20.4. The molecule has 1 aliphatic rings. The van der Waals surface area contributed by atoms with Crippen LogP contribution in [-0.4, -0.2) is 21.9 Å². The first-order valence-corrected chi connectivity index (χ1v) is 9.20. The predicted octanol–water partition coefficient (Wildman–Crippen LogP) is 4.52. The van der Waals surface area contributed by atoms with Crippen LogP contribution in [0.15, 0.2) is 53.8 Å². The minimum absolute atomic E-state index is 0.0864. The SMILES string of the molecule is Cc1ccc(C)c(N2C(=O)C(O)=C(C(=O)C(C)(C)C)C2c2ccc(O)cc2)c1. The van der Waals surface area contributed by atoms with Gasteiger partial charge in [0.05, 0.1) is 11.6 Å². The first-order valence-electron chi connectivity index (χ1n) is 9.20. The highest BCUT2D eigenvalue weighted by molar-refractivity contribution is 6.17. The summed E-state index contributed by atoms with van der Waals surface area (Å²) in [7, 11) is 0. The van der Waals surface area contributed by atoms with Gasteiger partial charge in [-0.15, -0.1) is 0 Å². The Kier molecular flexibility index (Phi) is 4.79. The molecule has 1 amide bonds. The topological polar surface area (TPSA) is 77.8 Å². The number of aliphatic hydroxyl groups is 1. The van der Waals surface area contributed by atoms with E-state index in [1.807, 2.05) is 32.0 Å². The lowest BCUT2D eigenvalue weighted by Gasteiger charge is -2.30. The van der Waals surface area contributed by atoms with Gasteiger partial charge in [-0.2, -0.15) is 0 Å². The third-order valence-corrected chi connectivity index (χ3v) is 4.97. The number of amides is 1. The van der Waals surface area contributed by atoms with Crippen molar-refractivity contribution in [3.63, 3.8) is 0 Å². The second-order valence-corrected chi connectivity index (χ2v) is 8.30. The van der Waals surface area contributed by atoms with Crippen LogP contribution < -0.4 is 4.90 Å². The van der Waals surface area contributed by atoms with Crippen molar-refractivity contribution in [3.05, 3.63) is 70.5 Å². The average Bonchev–Trinajstić information content (AvgIpc) is 2.87. The number of rotatable bonds is 3. The molecule has 0 aliphatic carbocycles. The highest BCUT2D eigenvalue weighted by Crippen LogP contribution is 2.44. The molecule has 0 radical (unpaired) electrons. The highest BCUT2D eigenvalue weighted by Gasteiger charge is 2.47. The van der Waals surface area contributed by atoms with E-state index in [9.17, 15) is 19.8 Å². The Morgan fingerprint density at radius 3 is 2.18 bits per heavy atom. The molecule has 2 N–H and O–H groups in total. The summed E-state index contributed by atoms with van der Waals surface area (Å²) in [6, 6.07) is 11.3. The lowest BCUT2D eigenvalue weighted by molar-refractivity contribution is -0.123. The number of nitrogens with zero attached hydrogens (tertiary/aromatic N) is 1. The summed E-state index contributed by atoms with van der Waals surface area (Å²) in [5.41, 5.74) is 2.43. The Morgan fingerprint density at radius 2 is 1.61 bits per heavy atom. The molecular formula is C23H25NO4. The van der Waals surface area contributed by atoms with Gasteiger partial charge in [0.2, 0.25) is 0 Å². The number of hydrogen-bond acceptors (Lipinski definition) is 4. The molecule has 3 rings (SSSR count). The Balaban J connectivity index is 2.25. The number of carbonyl (C=O) groups is 2. The lowest BCUT2D eigenvalue weighted by Crippen LogP contribution is -2.33. The van der Waals surface area contributed by atoms with Crippen molar-refractivity contribution in [3.8, 4) is 5.75 Å². The van der Waals surface area contributed by atoms with E-state index in [0.29, 0.717) is 11.3 Å². The van der Waals surface area contributed by atoms with Crippen LogP contribution in [0.1, 0.15) is 43.5 Å². The molecule has 0 fully saturated rings. The van der Waals surface area contributed by atoms with Gasteiger partial charge in [-0.25, -0.2) is 0 Å². The molecular weight excluding hydrogens is 354 g/mol. The summed E-state index contributed by atoms with van der Waals surface area (Å²) in [6.45, 7) is 9.09. The predicted molar refractivity (Wildman–Crippen MR) is 108 cm³/mol. The van der Waals surface area contributed by atoms with Gasteiger partial charge in [0.15, 0.2) is 11.5 Å². The maximum atomic E-state index is 13.2. The van der Waals surface area contributed by atoms with Crippen LogP contribution in [0, 0.1) is 19.3 Å². The van der Waals surface area contributed by atoms with Crippen molar-refractivity contribution in [2.24, 2.45) is 5.41 Å². The summed E-state index contributed by atoms with van der Waals surface area (Å²) < 4.78 is 0. The molecule has 1 atom stereocenters. The third-order valence-electron chi connectivity index (χ3n) is 4.97. The summed E-state index contributed by atoms with van der Waals surface area (Å²) in [6.07, 6.45) is 0. The number of Topliss-reactive ketones (excluding diaryl/α,β-unsaturated/α-hetero) is 1. The summed E-state index contributed by atoms with van der Waals surface area (Å²) in [4.78, 5) is 27.7. The molecule has 146 valence electrons. The first-order chi connectivity index (χ1) is 13.0. The van der Waals surface area contributed by atoms with Crippen LogP contribution in [-0.2, 0) is 9.59 Å². The van der Waals surface area contributed by atoms with Gasteiger partial charge in [0.1, 0.15) is 5.75 Å². The maximum Gasteiger partial charge on any atom is 0.294 e. The second kappa shape index (κ2) is 6.82. The van der Waals surface area contributed by atoms with Crippen LogP contribution in [0.4, 0.5) is 5.69 Å². The number of ketones is 1. The van der Waals surface area contributed by atoms with E-state index < -0.39 is 23.1 Å². The number of phenols is 1. The number of anilines is 1. The average molecular weight is 379 g/mol. The van der Waals surface area contributed by atoms with Crippen molar-refractivity contribution in [1.82, 2.24) is 0 Å². The van der Waals surface area contributed by atoms with Crippen molar-refractivity contribution < 1.29 is 19.8 Å². The minimum Gasteiger partial charge on any atom is -0.508 e. The molecule has 0 saturated heterocycles.